The predicted molar refractivity (Wildman–Crippen MR) is 65.5 cm³/mol. The van der Waals surface area contributed by atoms with Crippen molar-refractivity contribution in [2.45, 2.75) is 12.5 Å². The van der Waals surface area contributed by atoms with Gasteiger partial charge in [-0.3, -0.25) is 9.89 Å². The predicted octanol–water partition coefficient (Wildman–Crippen LogP) is 1.14. The van der Waals surface area contributed by atoms with Crippen LogP contribution in [-0.2, 0) is 6.42 Å². The molecule has 5 heteroatoms. The maximum Gasteiger partial charge on any atom is 0.269 e. The second-order valence-corrected chi connectivity index (χ2v) is 4.26. The van der Waals surface area contributed by atoms with Gasteiger partial charge in [0.25, 0.3) is 5.91 Å². The number of aromatic amines is 1. The van der Waals surface area contributed by atoms with E-state index in [1.807, 2.05) is 24.3 Å². The van der Waals surface area contributed by atoms with Crippen LogP contribution in [-0.4, -0.2) is 28.8 Å². The fourth-order valence-electron chi connectivity index (χ4n) is 2.07. The Morgan fingerprint density at radius 1 is 1.39 bits per heavy atom. The minimum atomic E-state index is -0.152. The molecule has 3 rings (SSSR count). The van der Waals surface area contributed by atoms with Crippen molar-refractivity contribution in [1.82, 2.24) is 15.5 Å². The summed E-state index contributed by atoms with van der Waals surface area (Å²) >= 11 is 0. The number of carbonyl (C=O) groups excluding carboxylic acids is 1. The molecule has 1 aliphatic rings. The standard InChI is InChI=1S/C13H13N3O2/c17-13(11-5-6-14-16-11)15-10-7-9-3-1-2-4-12(9)18-8-10/h1-6,10H,7-8H2,(H,14,16)(H,15,17)/t10-/m0/s1. The molecule has 0 aliphatic carbocycles. The number of nitrogens with zero attached hydrogens (tertiary/aromatic N) is 1. The lowest BCUT2D eigenvalue weighted by molar-refractivity contribution is 0.0910. The van der Waals surface area contributed by atoms with Gasteiger partial charge in [0.15, 0.2) is 0 Å². The van der Waals surface area contributed by atoms with Gasteiger partial charge in [-0.05, 0) is 24.1 Å². The van der Waals surface area contributed by atoms with Crippen LogP contribution in [0.25, 0.3) is 0 Å². The lowest BCUT2D eigenvalue weighted by Gasteiger charge is -2.25. The lowest BCUT2D eigenvalue weighted by atomic mass is 10.0. The molecule has 0 spiro atoms. The lowest BCUT2D eigenvalue weighted by Crippen LogP contribution is -2.42. The number of aromatic nitrogens is 2. The topological polar surface area (TPSA) is 67.0 Å². The summed E-state index contributed by atoms with van der Waals surface area (Å²) in [5.74, 6) is 0.755. The smallest absolute Gasteiger partial charge is 0.269 e. The first kappa shape index (κ1) is 10.8. The number of fused-ring (bicyclic) bond motifs is 1. The molecule has 1 aromatic heterocycles. The summed E-state index contributed by atoms with van der Waals surface area (Å²) in [5, 5.41) is 9.32. The van der Waals surface area contributed by atoms with Gasteiger partial charge >= 0.3 is 0 Å². The highest BCUT2D eigenvalue weighted by Gasteiger charge is 2.21. The third kappa shape index (κ3) is 2.07. The van der Waals surface area contributed by atoms with E-state index >= 15 is 0 Å². The van der Waals surface area contributed by atoms with E-state index in [4.69, 9.17) is 4.74 Å². The van der Waals surface area contributed by atoms with Crippen LogP contribution in [0.5, 0.6) is 5.75 Å². The summed E-state index contributed by atoms with van der Waals surface area (Å²) < 4.78 is 5.61. The van der Waals surface area contributed by atoms with Gasteiger partial charge in [-0.15, -0.1) is 0 Å². The molecule has 1 amide bonds. The molecule has 0 radical (unpaired) electrons. The van der Waals surface area contributed by atoms with E-state index in [1.54, 1.807) is 12.3 Å². The van der Waals surface area contributed by atoms with Crippen LogP contribution in [0.4, 0.5) is 0 Å². The first-order valence-electron chi connectivity index (χ1n) is 5.84. The summed E-state index contributed by atoms with van der Waals surface area (Å²) in [4.78, 5) is 11.8. The van der Waals surface area contributed by atoms with Crippen LogP contribution < -0.4 is 10.1 Å². The zero-order valence-electron chi connectivity index (χ0n) is 9.72. The molecule has 92 valence electrons. The first-order valence-corrected chi connectivity index (χ1v) is 5.84. The van der Waals surface area contributed by atoms with E-state index in [0.717, 1.165) is 17.7 Å². The maximum absolute atomic E-state index is 11.8. The number of nitrogens with one attached hydrogen (secondary N) is 2. The largest absolute Gasteiger partial charge is 0.491 e. The molecule has 18 heavy (non-hydrogen) atoms. The number of rotatable bonds is 2. The van der Waals surface area contributed by atoms with Gasteiger partial charge in [-0.1, -0.05) is 18.2 Å². The van der Waals surface area contributed by atoms with Crippen molar-refractivity contribution in [3.05, 3.63) is 47.8 Å². The van der Waals surface area contributed by atoms with Gasteiger partial charge in [0, 0.05) is 6.20 Å². The van der Waals surface area contributed by atoms with Crippen LogP contribution in [0.1, 0.15) is 16.1 Å². The summed E-state index contributed by atoms with van der Waals surface area (Å²) in [5.41, 5.74) is 1.59. The zero-order valence-corrected chi connectivity index (χ0v) is 9.72. The third-order valence-electron chi connectivity index (χ3n) is 2.96. The average Bonchev–Trinajstić information content (AvgIpc) is 2.92. The Morgan fingerprint density at radius 2 is 2.28 bits per heavy atom. The van der Waals surface area contributed by atoms with Crippen LogP contribution in [0.3, 0.4) is 0 Å². The van der Waals surface area contributed by atoms with Gasteiger partial charge in [0.05, 0.1) is 6.04 Å². The van der Waals surface area contributed by atoms with E-state index in [2.05, 4.69) is 15.5 Å². The van der Waals surface area contributed by atoms with E-state index < -0.39 is 0 Å². The van der Waals surface area contributed by atoms with Crippen LogP contribution in [0, 0.1) is 0 Å². The highest BCUT2D eigenvalue weighted by Crippen LogP contribution is 2.23. The molecule has 0 fully saturated rings. The van der Waals surface area contributed by atoms with Crippen molar-refractivity contribution in [2.75, 3.05) is 6.61 Å². The molecule has 0 saturated carbocycles. The normalized spacial score (nSPS) is 17.7. The SMILES string of the molecule is O=C(N[C@@H]1COc2ccccc2C1)c1ccn[nH]1. The molecule has 2 aromatic rings. The number of H-pyrrole nitrogens is 1. The Kier molecular flexibility index (Phi) is 2.72. The molecule has 0 unspecified atom stereocenters. The summed E-state index contributed by atoms with van der Waals surface area (Å²) in [6.07, 6.45) is 2.34. The molecule has 1 aromatic carbocycles. The Balaban J connectivity index is 1.68. The Bertz CT molecular complexity index is 551. The molecule has 2 heterocycles. The second-order valence-electron chi connectivity index (χ2n) is 4.26. The summed E-state index contributed by atoms with van der Waals surface area (Å²) in [6.45, 7) is 0.497. The van der Waals surface area contributed by atoms with Crippen molar-refractivity contribution in [1.29, 1.82) is 0 Å². The van der Waals surface area contributed by atoms with Gasteiger partial charge in [-0.2, -0.15) is 5.10 Å². The molecular weight excluding hydrogens is 230 g/mol. The van der Waals surface area contributed by atoms with E-state index in [9.17, 15) is 4.79 Å². The zero-order chi connectivity index (χ0) is 12.4. The number of amides is 1. The number of ether oxygens (including phenoxy) is 1. The fourth-order valence-corrected chi connectivity index (χ4v) is 2.07. The van der Waals surface area contributed by atoms with Crippen LogP contribution in [0.15, 0.2) is 36.5 Å². The number of hydrogen-bond donors (Lipinski definition) is 2. The van der Waals surface area contributed by atoms with E-state index in [1.165, 1.54) is 0 Å². The van der Waals surface area contributed by atoms with Crippen LogP contribution in [0.2, 0.25) is 0 Å². The molecule has 2 N–H and O–H groups in total. The molecule has 1 aliphatic heterocycles. The van der Waals surface area contributed by atoms with E-state index in [-0.39, 0.29) is 11.9 Å². The highest BCUT2D eigenvalue weighted by molar-refractivity contribution is 5.92. The van der Waals surface area contributed by atoms with Crippen molar-refractivity contribution in [3.8, 4) is 5.75 Å². The second kappa shape index (κ2) is 4.52. The molecular formula is C13H13N3O2. The van der Waals surface area contributed by atoms with Crippen molar-refractivity contribution in [2.24, 2.45) is 0 Å². The molecule has 0 saturated heterocycles. The van der Waals surface area contributed by atoms with Gasteiger partial charge in [-0.25, -0.2) is 0 Å². The Hall–Kier alpha value is -2.30. The van der Waals surface area contributed by atoms with E-state index in [0.29, 0.717) is 12.3 Å². The van der Waals surface area contributed by atoms with Gasteiger partial charge in [0.2, 0.25) is 0 Å². The number of carbonyl (C=O) groups is 1. The number of hydrogen-bond acceptors (Lipinski definition) is 3. The molecule has 5 nitrogen and oxygen atoms in total. The maximum atomic E-state index is 11.8. The van der Waals surface area contributed by atoms with Crippen molar-refractivity contribution < 1.29 is 9.53 Å². The number of para-hydroxylation sites is 1. The summed E-state index contributed by atoms with van der Waals surface area (Å²) in [6, 6.07) is 9.53. The quantitative estimate of drug-likeness (QED) is 0.831. The van der Waals surface area contributed by atoms with Crippen molar-refractivity contribution >= 4 is 5.91 Å². The molecule has 0 bridgehead atoms. The first-order chi connectivity index (χ1) is 8.83. The Labute approximate surface area is 104 Å². The highest BCUT2D eigenvalue weighted by atomic mass is 16.5. The summed E-state index contributed by atoms with van der Waals surface area (Å²) in [7, 11) is 0. The minimum absolute atomic E-state index is 0.00398. The third-order valence-corrected chi connectivity index (χ3v) is 2.96. The monoisotopic (exact) mass is 243 g/mol. The fraction of sp³-hybridized carbons (Fsp3) is 0.231. The minimum Gasteiger partial charge on any atom is -0.491 e. The molecule has 1 atom stereocenters. The van der Waals surface area contributed by atoms with Gasteiger partial charge < -0.3 is 10.1 Å². The number of benzene rings is 1. The van der Waals surface area contributed by atoms with Crippen molar-refractivity contribution in [3.63, 3.8) is 0 Å². The van der Waals surface area contributed by atoms with Gasteiger partial charge in [0.1, 0.15) is 18.1 Å². The Morgan fingerprint density at radius 3 is 3.11 bits per heavy atom. The van der Waals surface area contributed by atoms with Crippen LogP contribution >= 0.6 is 0 Å². The average molecular weight is 243 g/mol.